The second-order valence-electron chi connectivity index (χ2n) is 6.35. The van der Waals surface area contributed by atoms with Gasteiger partial charge < -0.3 is 15.2 Å². The number of thioether (sulfide) groups is 1. The highest BCUT2D eigenvalue weighted by atomic mass is 127. The number of hydrogen-bond donors (Lipinski definition) is 2. The highest BCUT2D eigenvalue weighted by Gasteiger charge is 2.29. The largest absolute Gasteiger partial charge is 0.361 e. The molecule has 132 valence electrons. The Labute approximate surface area is 160 Å². The van der Waals surface area contributed by atoms with E-state index >= 15 is 0 Å². The normalized spacial score (nSPS) is 22.6. The molecule has 0 bridgehead atoms. The molecule has 1 saturated heterocycles. The Morgan fingerprint density at radius 2 is 2.17 bits per heavy atom. The van der Waals surface area contributed by atoms with Gasteiger partial charge in [0.1, 0.15) is 5.76 Å². The van der Waals surface area contributed by atoms with E-state index in [1.54, 1.807) is 0 Å². The van der Waals surface area contributed by atoms with Gasteiger partial charge in [-0.15, -0.1) is 24.0 Å². The van der Waals surface area contributed by atoms with E-state index < -0.39 is 0 Å². The summed E-state index contributed by atoms with van der Waals surface area (Å²) in [7, 11) is 1.82. The van der Waals surface area contributed by atoms with Gasteiger partial charge in [0.15, 0.2) is 5.96 Å². The minimum absolute atomic E-state index is 0. The van der Waals surface area contributed by atoms with Gasteiger partial charge in [0.2, 0.25) is 0 Å². The Hall–Kier alpha value is -0.440. The Kier molecular flexibility index (Phi) is 8.20. The number of halogens is 1. The van der Waals surface area contributed by atoms with Crippen LogP contribution in [0.1, 0.15) is 49.6 Å². The fraction of sp³-hybridized carbons (Fsp3) is 0.750. The van der Waals surface area contributed by atoms with E-state index in [1.807, 2.05) is 20.9 Å². The summed E-state index contributed by atoms with van der Waals surface area (Å²) < 4.78 is 5.59. The van der Waals surface area contributed by atoms with E-state index in [-0.39, 0.29) is 24.0 Å². The molecular weight excluding hydrogens is 423 g/mol. The summed E-state index contributed by atoms with van der Waals surface area (Å²) >= 11 is 2.06. The van der Waals surface area contributed by atoms with E-state index in [0.29, 0.717) is 10.7 Å². The van der Waals surface area contributed by atoms with Crippen LogP contribution < -0.4 is 10.6 Å². The summed E-state index contributed by atoms with van der Waals surface area (Å²) in [6.45, 7) is 10.2. The van der Waals surface area contributed by atoms with E-state index in [2.05, 4.69) is 46.4 Å². The second kappa shape index (κ2) is 9.15. The number of aryl methyl sites for hydroxylation is 2. The van der Waals surface area contributed by atoms with Crippen LogP contribution >= 0.6 is 35.7 Å². The molecule has 0 saturated carbocycles. The van der Waals surface area contributed by atoms with Crippen molar-refractivity contribution in [2.75, 3.05) is 25.9 Å². The first kappa shape index (κ1) is 20.6. The monoisotopic (exact) mass is 452 g/mol. The molecule has 0 aromatic carbocycles. The van der Waals surface area contributed by atoms with Crippen LogP contribution in [0.15, 0.2) is 9.52 Å². The summed E-state index contributed by atoms with van der Waals surface area (Å²) in [6, 6.07) is 0. The van der Waals surface area contributed by atoms with E-state index in [9.17, 15) is 0 Å². The number of aromatic nitrogens is 1. The molecule has 0 amide bonds. The second-order valence-corrected chi connectivity index (χ2v) is 8.03. The molecule has 1 aromatic rings. The molecule has 23 heavy (non-hydrogen) atoms. The number of guanidine groups is 1. The molecule has 2 atom stereocenters. The topological polar surface area (TPSA) is 62.5 Å². The van der Waals surface area contributed by atoms with E-state index in [1.165, 1.54) is 24.2 Å². The first-order valence-corrected chi connectivity index (χ1v) is 8.95. The number of aliphatic imine (C=N–C) groups is 1. The maximum Gasteiger partial charge on any atom is 0.191 e. The average Bonchev–Trinajstić information content (AvgIpc) is 3.06. The molecule has 5 nitrogen and oxygen atoms in total. The van der Waals surface area contributed by atoms with Crippen LogP contribution in [0.25, 0.3) is 0 Å². The Morgan fingerprint density at radius 3 is 2.70 bits per heavy atom. The maximum atomic E-state index is 5.25. The van der Waals surface area contributed by atoms with Crippen LogP contribution in [-0.2, 0) is 0 Å². The van der Waals surface area contributed by atoms with Gasteiger partial charge in [0.25, 0.3) is 0 Å². The molecule has 0 spiro atoms. The van der Waals surface area contributed by atoms with Crippen LogP contribution in [0.2, 0.25) is 0 Å². The van der Waals surface area contributed by atoms with Crippen LogP contribution in [0.3, 0.4) is 0 Å². The third-order valence-corrected chi connectivity index (χ3v) is 5.85. The third-order valence-electron chi connectivity index (χ3n) is 4.31. The van der Waals surface area contributed by atoms with Crippen molar-refractivity contribution < 1.29 is 4.52 Å². The molecule has 2 heterocycles. The Bertz CT molecular complexity index is 507. The molecule has 0 radical (unpaired) electrons. The molecule has 1 aromatic heterocycles. The SMILES string of the molecule is CN=C(NCC(C)c1c(C)noc1C)NCC1(C)CCCS1.I. The van der Waals surface area contributed by atoms with Crippen molar-refractivity contribution in [3.63, 3.8) is 0 Å². The smallest absolute Gasteiger partial charge is 0.191 e. The fourth-order valence-corrected chi connectivity index (χ4v) is 4.26. The van der Waals surface area contributed by atoms with Crippen molar-refractivity contribution in [2.24, 2.45) is 4.99 Å². The van der Waals surface area contributed by atoms with Gasteiger partial charge in [-0.2, -0.15) is 11.8 Å². The Balaban J connectivity index is 0.00000264. The van der Waals surface area contributed by atoms with Crippen molar-refractivity contribution in [3.8, 4) is 0 Å². The van der Waals surface area contributed by atoms with Gasteiger partial charge in [0.05, 0.1) is 5.69 Å². The lowest BCUT2D eigenvalue weighted by molar-refractivity contribution is 0.391. The van der Waals surface area contributed by atoms with Gasteiger partial charge in [-0.05, 0) is 39.4 Å². The zero-order chi connectivity index (χ0) is 16.2. The molecule has 0 aliphatic carbocycles. The van der Waals surface area contributed by atoms with Crippen molar-refractivity contribution >= 4 is 41.7 Å². The standard InChI is InChI=1S/C16H28N4OS.HI/c1-11(14-12(2)20-21-13(14)3)9-18-15(17-5)19-10-16(4)7-6-8-22-16;/h11H,6-10H2,1-5H3,(H2,17,18,19);1H. The van der Waals surface area contributed by atoms with Gasteiger partial charge in [0, 0.05) is 36.4 Å². The maximum absolute atomic E-state index is 5.25. The van der Waals surface area contributed by atoms with Gasteiger partial charge in [-0.3, -0.25) is 4.99 Å². The van der Waals surface area contributed by atoms with Crippen LogP contribution in [0, 0.1) is 13.8 Å². The van der Waals surface area contributed by atoms with Crippen LogP contribution in [0.4, 0.5) is 0 Å². The molecule has 1 fully saturated rings. The van der Waals surface area contributed by atoms with Gasteiger partial charge in [-0.25, -0.2) is 0 Å². The fourth-order valence-electron chi connectivity index (χ4n) is 3.01. The molecule has 1 aliphatic rings. The highest BCUT2D eigenvalue weighted by molar-refractivity contribution is 14.0. The summed E-state index contributed by atoms with van der Waals surface area (Å²) in [4.78, 5) is 4.32. The summed E-state index contributed by atoms with van der Waals surface area (Å²) in [5.74, 6) is 3.38. The summed E-state index contributed by atoms with van der Waals surface area (Å²) in [6.07, 6.45) is 2.59. The summed E-state index contributed by atoms with van der Waals surface area (Å²) in [5.41, 5.74) is 2.17. The highest BCUT2D eigenvalue weighted by Crippen LogP contribution is 2.36. The van der Waals surface area contributed by atoms with Crippen molar-refractivity contribution in [1.82, 2.24) is 15.8 Å². The Morgan fingerprint density at radius 1 is 1.43 bits per heavy atom. The van der Waals surface area contributed by atoms with Gasteiger partial charge >= 0.3 is 0 Å². The minimum Gasteiger partial charge on any atom is -0.361 e. The molecule has 1 aliphatic heterocycles. The first-order chi connectivity index (χ1) is 10.4. The minimum atomic E-state index is 0. The number of hydrogen-bond acceptors (Lipinski definition) is 4. The van der Waals surface area contributed by atoms with Crippen molar-refractivity contribution in [3.05, 3.63) is 17.0 Å². The molecule has 2 unspecified atom stereocenters. The van der Waals surface area contributed by atoms with Crippen LogP contribution in [-0.4, -0.2) is 41.8 Å². The zero-order valence-electron chi connectivity index (χ0n) is 14.7. The summed E-state index contributed by atoms with van der Waals surface area (Å²) in [5, 5.41) is 10.9. The van der Waals surface area contributed by atoms with Crippen LogP contribution in [0.5, 0.6) is 0 Å². The lowest BCUT2D eigenvalue weighted by Crippen LogP contribution is -2.44. The number of rotatable bonds is 5. The molecule has 2 rings (SSSR count). The van der Waals surface area contributed by atoms with E-state index in [4.69, 9.17) is 4.52 Å². The molecule has 7 heteroatoms. The lowest BCUT2D eigenvalue weighted by Gasteiger charge is -2.24. The predicted molar refractivity (Wildman–Crippen MR) is 109 cm³/mol. The van der Waals surface area contributed by atoms with Gasteiger partial charge in [-0.1, -0.05) is 12.1 Å². The quantitative estimate of drug-likeness (QED) is 0.407. The predicted octanol–water partition coefficient (Wildman–Crippen LogP) is 3.46. The zero-order valence-corrected chi connectivity index (χ0v) is 17.9. The number of nitrogens with one attached hydrogen (secondary N) is 2. The lowest BCUT2D eigenvalue weighted by atomic mass is 10.00. The third kappa shape index (κ3) is 5.55. The number of nitrogens with zero attached hydrogens (tertiary/aromatic N) is 2. The molecular formula is C16H29IN4OS. The molecule has 2 N–H and O–H groups in total. The first-order valence-electron chi connectivity index (χ1n) is 7.96. The van der Waals surface area contributed by atoms with Crippen molar-refractivity contribution in [1.29, 1.82) is 0 Å². The van der Waals surface area contributed by atoms with Crippen molar-refractivity contribution in [2.45, 2.75) is 51.2 Å². The average molecular weight is 452 g/mol. The van der Waals surface area contributed by atoms with E-state index in [0.717, 1.165) is 30.5 Å².